The molecule has 2 aliphatic rings. The van der Waals surface area contributed by atoms with E-state index in [9.17, 15) is 14.4 Å². The van der Waals surface area contributed by atoms with E-state index in [1.165, 1.54) is 0 Å². The lowest BCUT2D eigenvalue weighted by Crippen LogP contribution is -2.52. The van der Waals surface area contributed by atoms with Gasteiger partial charge in [-0.05, 0) is 47.7 Å². The van der Waals surface area contributed by atoms with Gasteiger partial charge in [-0.1, -0.05) is 30.3 Å². The van der Waals surface area contributed by atoms with Gasteiger partial charge in [0.25, 0.3) is 5.91 Å². The number of hydrogen-bond acceptors (Lipinski definition) is 3. The molecule has 4 rings (SSSR count). The van der Waals surface area contributed by atoms with Crippen LogP contribution in [0.15, 0.2) is 42.5 Å². The van der Waals surface area contributed by atoms with Crippen LogP contribution in [0.4, 0.5) is 0 Å². The molecule has 0 aliphatic carbocycles. The van der Waals surface area contributed by atoms with Crippen LogP contribution >= 0.6 is 0 Å². The SMILES string of the molecule is Cc1cc2c(cc1-c1ccccc1)CN(C1CCC(=O)NC1=O)C2=O. The van der Waals surface area contributed by atoms with Crippen molar-refractivity contribution < 1.29 is 14.4 Å². The van der Waals surface area contributed by atoms with Crippen molar-refractivity contribution in [1.29, 1.82) is 0 Å². The number of aryl methyl sites for hydroxylation is 1. The molecule has 2 aromatic rings. The fraction of sp³-hybridized carbons (Fsp3) is 0.250. The Kier molecular flexibility index (Phi) is 3.64. The third-order valence-corrected chi connectivity index (χ3v) is 4.95. The molecule has 126 valence electrons. The highest BCUT2D eigenvalue weighted by molar-refractivity contribution is 6.05. The van der Waals surface area contributed by atoms with E-state index >= 15 is 0 Å². The minimum Gasteiger partial charge on any atom is -0.322 e. The zero-order valence-electron chi connectivity index (χ0n) is 13.9. The van der Waals surface area contributed by atoms with Crippen molar-refractivity contribution in [2.75, 3.05) is 0 Å². The molecule has 1 N–H and O–H groups in total. The molecule has 0 bridgehead atoms. The topological polar surface area (TPSA) is 66.5 Å². The van der Waals surface area contributed by atoms with E-state index in [-0.39, 0.29) is 24.1 Å². The van der Waals surface area contributed by atoms with Gasteiger partial charge < -0.3 is 4.90 Å². The number of piperidine rings is 1. The van der Waals surface area contributed by atoms with Crippen LogP contribution in [0.25, 0.3) is 11.1 Å². The number of hydrogen-bond donors (Lipinski definition) is 1. The van der Waals surface area contributed by atoms with Gasteiger partial charge in [0.15, 0.2) is 0 Å². The van der Waals surface area contributed by atoms with Crippen molar-refractivity contribution in [3.05, 3.63) is 59.2 Å². The van der Waals surface area contributed by atoms with Gasteiger partial charge in [0, 0.05) is 18.5 Å². The van der Waals surface area contributed by atoms with E-state index in [1.807, 2.05) is 49.4 Å². The minimum absolute atomic E-state index is 0.132. The molecule has 1 atom stereocenters. The number of imide groups is 1. The highest BCUT2D eigenvalue weighted by Gasteiger charge is 2.39. The summed E-state index contributed by atoms with van der Waals surface area (Å²) in [6, 6.07) is 13.4. The molecular weight excluding hydrogens is 316 g/mol. The molecular formula is C20H18N2O3. The number of benzene rings is 2. The quantitative estimate of drug-likeness (QED) is 0.858. The van der Waals surface area contributed by atoms with Crippen molar-refractivity contribution in [2.45, 2.75) is 32.4 Å². The Morgan fingerprint density at radius 1 is 1.04 bits per heavy atom. The summed E-state index contributed by atoms with van der Waals surface area (Å²) in [7, 11) is 0. The fourth-order valence-corrected chi connectivity index (χ4v) is 3.65. The average molecular weight is 334 g/mol. The van der Waals surface area contributed by atoms with Crippen LogP contribution in [0.3, 0.4) is 0 Å². The van der Waals surface area contributed by atoms with Crippen LogP contribution in [-0.2, 0) is 16.1 Å². The van der Waals surface area contributed by atoms with E-state index in [4.69, 9.17) is 0 Å². The first-order chi connectivity index (χ1) is 12.0. The lowest BCUT2D eigenvalue weighted by Gasteiger charge is -2.29. The average Bonchev–Trinajstić information content (AvgIpc) is 2.91. The van der Waals surface area contributed by atoms with Crippen molar-refractivity contribution in [3.63, 3.8) is 0 Å². The van der Waals surface area contributed by atoms with Crippen LogP contribution in [0, 0.1) is 6.92 Å². The molecule has 2 heterocycles. The third-order valence-electron chi connectivity index (χ3n) is 4.95. The van der Waals surface area contributed by atoms with Crippen molar-refractivity contribution in [1.82, 2.24) is 10.2 Å². The molecule has 1 unspecified atom stereocenters. The summed E-state index contributed by atoms with van der Waals surface area (Å²) in [5, 5.41) is 2.33. The van der Waals surface area contributed by atoms with E-state index < -0.39 is 6.04 Å². The largest absolute Gasteiger partial charge is 0.322 e. The standard InChI is InChI=1S/C20H18N2O3/c1-12-9-16-14(10-15(12)13-5-3-2-4-6-13)11-22(20(16)25)17-7-8-18(23)21-19(17)24/h2-6,9-10,17H,7-8,11H2,1H3,(H,21,23,24). The van der Waals surface area contributed by atoms with Crippen molar-refractivity contribution in [3.8, 4) is 11.1 Å². The lowest BCUT2D eigenvalue weighted by atomic mass is 9.95. The molecule has 0 spiro atoms. The van der Waals surface area contributed by atoms with Crippen LogP contribution in [0.5, 0.6) is 0 Å². The summed E-state index contributed by atoms with van der Waals surface area (Å²) < 4.78 is 0. The Bertz CT molecular complexity index is 889. The van der Waals surface area contributed by atoms with Gasteiger partial charge in [-0.2, -0.15) is 0 Å². The normalized spacial score (nSPS) is 19.8. The van der Waals surface area contributed by atoms with Gasteiger partial charge in [-0.3, -0.25) is 19.7 Å². The van der Waals surface area contributed by atoms with Gasteiger partial charge in [-0.25, -0.2) is 0 Å². The van der Waals surface area contributed by atoms with Crippen LogP contribution in [0.1, 0.15) is 34.3 Å². The first kappa shape index (κ1) is 15.6. The number of nitrogens with one attached hydrogen (secondary N) is 1. The first-order valence-corrected chi connectivity index (χ1v) is 8.38. The highest BCUT2D eigenvalue weighted by Crippen LogP contribution is 2.33. The maximum absolute atomic E-state index is 12.8. The van der Waals surface area contributed by atoms with E-state index in [2.05, 4.69) is 5.32 Å². The maximum Gasteiger partial charge on any atom is 0.255 e. The summed E-state index contributed by atoms with van der Waals surface area (Å²) in [5.41, 5.74) is 4.82. The monoisotopic (exact) mass is 334 g/mol. The maximum atomic E-state index is 12.8. The summed E-state index contributed by atoms with van der Waals surface area (Å²) in [6.45, 7) is 2.39. The molecule has 2 aliphatic heterocycles. The molecule has 0 aromatic heterocycles. The molecule has 25 heavy (non-hydrogen) atoms. The lowest BCUT2D eigenvalue weighted by molar-refractivity contribution is -0.136. The van der Waals surface area contributed by atoms with Gasteiger partial charge >= 0.3 is 0 Å². The van der Waals surface area contributed by atoms with Crippen LogP contribution < -0.4 is 5.32 Å². The second-order valence-electron chi connectivity index (χ2n) is 6.59. The molecule has 0 saturated carbocycles. The minimum atomic E-state index is -0.571. The second-order valence-corrected chi connectivity index (χ2v) is 6.59. The number of amides is 3. The fourth-order valence-electron chi connectivity index (χ4n) is 3.65. The number of rotatable bonds is 2. The first-order valence-electron chi connectivity index (χ1n) is 8.38. The van der Waals surface area contributed by atoms with E-state index in [0.717, 1.165) is 22.3 Å². The highest BCUT2D eigenvalue weighted by atomic mass is 16.2. The summed E-state index contributed by atoms with van der Waals surface area (Å²) in [5.74, 6) is -0.780. The predicted octanol–water partition coefficient (Wildman–Crippen LogP) is 2.42. The predicted molar refractivity (Wildman–Crippen MR) is 92.7 cm³/mol. The van der Waals surface area contributed by atoms with Crippen LogP contribution in [-0.4, -0.2) is 28.7 Å². The summed E-state index contributed by atoms with van der Waals surface area (Å²) in [4.78, 5) is 37.8. The molecule has 3 amide bonds. The number of fused-ring (bicyclic) bond motifs is 1. The second kappa shape index (κ2) is 5.84. The zero-order chi connectivity index (χ0) is 17.6. The third kappa shape index (κ3) is 2.61. The number of carbonyl (C=O) groups excluding carboxylic acids is 3. The Labute approximate surface area is 145 Å². The molecule has 5 nitrogen and oxygen atoms in total. The Hall–Kier alpha value is -2.95. The van der Waals surface area contributed by atoms with E-state index in [0.29, 0.717) is 18.5 Å². The van der Waals surface area contributed by atoms with Gasteiger partial charge in [0.1, 0.15) is 6.04 Å². The van der Waals surface area contributed by atoms with Crippen LogP contribution in [0.2, 0.25) is 0 Å². The number of carbonyl (C=O) groups is 3. The zero-order valence-corrected chi connectivity index (χ0v) is 13.9. The van der Waals surface area contributed by atoms with Crippen molar-refractivity contribution in [2.24, 2.45) is 0 Å². The van der Waals surface area contributed by atoms with Gasteiger partial charge in [0.2, 0.25) is 11.8 Å². The number of nitrogens with zero attached hydrogens (tertiary/aromatic N) is 1. The smallest absolute Gasteiger partial charge is 0.255 e. The summed E-state index contributed by atoms with van der Waals surface area (Å²) >= 11 is 0. The molecule has 1 saturated heterocycles. The van der Waals surface area contributed by atoms with E-state index in [1.54, 1.807) is 4.90 Å². The molecule has 5 heteroatoms. The van der Waals surface area contributed by atoms with Gasteiger partial charge in [-0.15, -0.1) is 0 Å². The van der Waals surface area contributed by atoms with Crippen molar-refractivity contribution >= 4 is 17.7 Å². The van der Waals surface area contributed by atoms with Gasteiger partial charge in [0.05, 0.1) is 0 Å². The Balaban J connectivity index is 1.68. The molecule has 2 aromatic carbocycles. The Morgan fingerprint density at radius 2 is 1.80 bits per heavy atom. The summed E-state index contributed by atoms with van der Waals surface area (Å²) in [6.07, 6.45) is 0.653. The molecule has 0 radical (unpaired) electrons. The molecule has 1 fully saturated rings. The Morgan fingerprint density at radius 3 is 2.52 bits per heavy atom.